The lowest BCUT2D eigenvalue weighted by molar-refractivity contribution is 0.0527. The fourth-order valence-corrected chi connectivity index (χ4v) is 1.11. The van der Waals surface area contributed by atoms with Crippen molar-refractivity contribution in [1.82, 2.24) is 10.6 Å². The highest BCUT2D eigenvalue weighted by Crippen LogP contribution is 2.05. The second-order valence-corrected chi connectivity index (χ2v) is 4.74. The minimum atomic E-state index is -0.444. The number of hydrogen-bond acceptors (Lipinski definition) is 4. The van der Waals surface area contributed by atoms with E-state index in [1.807, 2.05) is 27.7 Å². The second kappa shape index (κ2) is 7.46. The molecule has 5 heteroatoms. The van der Waals surface area contributed by atoms with Gasteiger partial charge in [-0.25, -0.2) is 4.79 Å². The molecule has 0 fully saturated rings. The SMILES string of the molecule is COCC(C)NCCNC(=O)OC(C)(C)C. The summed E-state index contributed by atoms with van der Waals surface area (Å²) in [5.41, 5.74) is -0.444. The Morgan fingerprint density at radius 3 is 2.44 bits per heavy atom. The van der Waals surface area contributed by atoms with Crippen molar-refractivity contribution in [3.63, 3.8) is 0 Å². The minimum absolute atomic E-state index is 0.283. The molecule has 96 valence electrons. The number of carbonyl (C=O) groups is 1. The molecule has 0 aliphatic heterocycles. The van der Waals surface area contributed by atoms with Crippen molar-refractivity contribution in [2.45, 2.75) is 39.3 Å². The van der Waals surface area contributed by atoms with Crippen LogP contribution in [0, 0.1) is 0 Å². The maximum Gasteiger partial charge on any atom is 0.407 e. The summed E-state index contributed by atoms with van der Waals surface area (Å²) in [6.07, 6.45) is -0.381. The summed E-state index contributed by atoms with van der Waals surface area (Å²) < 4.78 is 10.1. The summed E-state index contributed by atoms with van der Waals surface area (Å²) >= 11 is 0. The average Bonchev–Trinajstić information content (AvgIpc) is 2.10. The van der Waals surface area contributed by atoms with Crippen LogP contribution in [0.4, 0.5) is 4.79 Å². The lowest BCUT2D eigenvalue weighted by Crippen LogP contribution is -2.39. The van der Waals surface area contributed by atoms with Gasteiger partial charge < -0.3 is 20.1 Å². The van der Waals surface area contributed by atoms with Crippen molar-refractivity contribution in [1.29, 1.82) is 0 Å². The first kappa shape index (κ1) is 15.2. The van der Waals surface area contributed by atoms with Crippen molar-refractivity contribution in [2.24, 2.45) is 0 Å². The largest absolute Gasteiger partial charge is 0.444 e. The van der Waals surface area contributed by atoms with E-state index in [0.29, 0.717) is 19.7 Å². The molecule has 0 saturated heterocycles. The molecule has 0 aromatic rings. The van der Waals surface area contributed by atoms with Gasteiger partial charge in [0.05, 0.1) is 6.61 Å². The Kier molecular flexibility index (Phi) is 7.08. The molecule has 16 heavy (non-hydrogen) atoms. The van der Waals surface area contributed by atoms with Gasteiger partial charge >= 0.3 is 6.09 Å². The molecule has 0 heterocycles. The molecule has 0 aromatic carbocycles. The van der Waals surface area contributed by atoms with Crippen molar-refractivity contribution in [3.05, 3.63) is 0 Å². The van der Waals surface area contributed by atoms with Gasteiger partial charge in [0.15, 0.2) is 0 Å². The van der Waals surface area contributed by atoms with Gasteiger partial charge in [0, 0.05) is 26.2 Å². The van der Waals surface area contributed by atoms with Crippen molar-refractivity contribution in [2.75, 3.05) is 26.8 Å². The van der Waals surface area contributed by atoms with E-state index < -0.39 is 5.60 Å². The summed E-state index contributed by atoms with van der Waals surface area (Å²) in [5, 5.41) is 5.88. The van der Waals surface area contributed by atoms with Crippen LogP contribution in [0.2, 0.25) is 0 Å². The molecule has 0 rings (SSSR count). The lowest BCUT2D eigenvalue weighted by atomic mass is 10.2. The zero-order valence-electron chi connectivity index (χ0n) is 10.9. The van der Waals surface area contributed by atoms with E-state index >= 15 is 0 Å². The van der Waals surface area contributed by atoms with E-state index in [2.05, 4.69) is 10.6 Å². The summed E-state index contributed by atoms with van der Waals surface area (Å²) in [5.74, 6) is 0. The highest BCUT2D eigenvalue weighted by Gasteiger charge is 2.15. The van der Waals surface area contributed by atoms with Crippen LogP contribution in [0.15, 0.2) is 0 Å². The molecular weight excluding hydrogens is 208 g/mol. The number of rotatable bonds is 6. The molecule has 0 bridgehead atoms. The number of nitrogens with one attached hydrogen (secondary N) is 2. The number of carbonyl (C=O) groups excluding carboxylic acids is 1. The molecular formula is C11H24N2O3. The lowest BCUT2D eigenvalue weighted by Gasteiger charge is -2.20. The third-order valence-corrected chi connectivity index (χ3v) is 1.70. The smallest absolute Gasteiger partial charge is 0.407 e. The molecule has 2 N–H and O–H groups in total. The fourth-order valence-electron chi connectivity index (χ4n) is 1.11. The minimum Gasteiger partial charge on any atom is -0.444 e. The van der Waals surface area contributed by atoms with Crippen molar-refractivity contribution < 1.29 is 14.3 Å². The molecule has 0 aliphatic carbocycles. The Balaban J connectivity index is 3.48. The Morgan fingerprint density at radius 2 is 1.94 bits per heavy atom. The first-order chi connectivity index (χ1) is 7.35. The molecule has 0 radical (unpaired) electrons. The van der Waals surface area contributed by atoms with Gasteiger partial charge in [0.2, 0.25) is 0 Å². The molecule has 0 aromatic heterocycles. The van der Waals surface area contributed by atoms with Gasteiger partial charge in [-0.2, -0.15) is 0 Å². The molecule has 5 nitrogen and oxygen atoms in total. The van der Waals surface area contributed by atoms with Gasteiger partial charge in [0.25, 0.3) is 0 Å². The Bertz CT molecular complexity index is 202. The van der Waals surface area contributed by atoms with E-state index in [0.717, 1.165) is 0 Å². The average molecular weight is 232 g/mol. The quantitative estimate of drug-likeness (QED) is 0.674. The van der Waals surface area contributed by atoms with E-state index in [1.54, 1.807) is 7.11 Å². The third-order valence-electron chi connectivity index (χ3n) is 1.70. The number of alkyl carbamates (subject to hydrolysis) is 1. The third kappa shape index (κ3) is 9.73. The predicted octanol–water partition coefficient (Wildman–Crippen LogP) is 1.14. The van der Waals surface area contributed by atoms with Crippen molar-refractivity contribution in [3.8, 4) is 0 Å². The van der Waals surface area contributed by atoms with Gasteiger partial charge in [0.1, 0.15) is 5.60 Å². The van der Waals surface area contributed by atoms with Crippen LogP contribution < -0.4 is 10.6 Å². The first-order valence-corrected chi connectivity index (χ1v) is 5.54. The van der Waals surface area contributed by atoms with Gasteiger partial charge in [-0.1, -0.05) is 0 Å². The predicted molar refractivity (Wildman–Crippen MR) is 63.6 cm³/mol. The van der Waals surface area contributed by atoms with Crippen LogP contribution in [-0.2, 0) is 9.47 Å². The molecule has 1 amide bonds. The Morgan fingerprint density at radius 1 is 1.31 bits per heavy atom. The normalized spacial score (nSPS) is 13.3. The van der Waals surface area contributed by atoms with E-state index in [9.17, 15) is 4.79 Å². The van der Waals surface area contributed by atoms with Crippen LogP contribution in [0.3, 0.4) is 0 Å². The van der Waals surface area contributed by atoms with Crippen molar-refractivity contribution >= 4 is 6.09 Å². The summed E-state index contributed by atoms with van der Waals surface area (Å²) in [6.45, 7) is 9.44. The second-order valence-electron chi connectivity index (χ2n) is 4.74. The van der Waals surface area contributed by atoms with Gasteiger partial charge in [-0.05, 0) is 27.7 Å². The maximum absolute atomic E-state index is 11.2. The number of amides is 1. The molecule has 0 saturated carbocycles. The van der Waals surface area contributed by atoms with E-state index in [-0.39, 0.29) is 12.1 Å². The molecule has 1 atom stereocenters. The van der Waals surface area contributed by atoms with Crippen LogP contribution in [0.5, 0.6) is 0 Å². The van der Waals surface area contributed by atoms with Crippen LogP contribution in [0.25, 0.3) is 0 Å². The summed E-state index contributed by atoms with van der Waals surface area (Å²) in [4.78, 5) is 11.2. The zero-order valence-corrected chi connectivity index (χ0v) is 10.9. The number of ether oxygens (including phenoxy) is 2. The van der Waals surface area contributed by atoms with Crippen LogP contribution in [-0.4, -0.2) is 44.5 Å². The van der Waals surface area contributed by atoms with Gasteiger partial charge in [-0.3, -0.25) is 0 Å². The van der Waals surface area contributed by atoms with Crippen LogP contribution in [0.1, 0.15) is 27.7 Å². The molecule has 0 aliphatic rings. The Labute approximate surface area is 97.9 Å². The molecule has 0 spiro atoms. The monoisotopic (exact) mass is 232 g/mol. The molecule has 1 unspecified atom stereocenters. The first-order valence-electron chi connectivity index (χ1n) is 5.54. The number of hydrogen-bond donors (Lipinski definition) is 2. The van der Waals surface area contributed by atoms with Crippen LogP contribution >= 0.6 is 0 Å². The standard InChI is InChI=1S/C11H24N2O3/c1-9(8-15-5)12-6-7-13-10(14)16-11(2,3)4/h9,12H,6-8H2,1-5H3,(H,13,14). The van der Waals surface area contributed by atoms with E-state index in [1.165, 1.54) is 0 Å². The van der Waals surface area contributed by atoms with Gasteiger partial charge in [-0.15, -0.1) is 0 Å². The maximum atomic E-state index is 11.2. The summed E-state index contributed by atoms with van der Waals surface area (Å²) in [7, 11) is 1.66. The fraction of sp³-hybridized carbons (Fsp3) is 0.909. The summed E-state index contributed by atoms with van der Waals surface area (Å²) in [6, 6.07) is 0.283. The zero-order chi connectivity index (χ0) is 12.6. The van der Waals surface area contributed by atoms with E-state index in [4.69, 9.17) is 9.47 Å². The highest BCUT2D eigenvalue weighted by molar-refractivity contribution is 5.67. The topological polar surface area (TPSA) is 59.6 Å². The number of methoxy groups -OCH3 is 1. The Hall–Kier alpha value is -0.810. The highest BCUT2D eigenvalue weighted by atomic mass is 16.6.